The SMILES string of the molecule is CCOC(=O)CC(NC(=O)CNC(=O)c1ccc(Cl)c(N=CNN)c1)c1cc(Cl)cc(Cl)c1. The van der Waals surface area contributed by atoms with Crippen molar-refractivity contribution in [3.05, 3.63) is 62.6 Å². The van der Waals surface area contributed by atoms with Gasteiger partial charge in [-0.3, -0.25) is 14.4 Å². The Balaban J connectivity index is 2.08. The molecule has 33 heavy (non-hydrogen) atoms. The maximum atomic E-state index is 12.5. The van der Waals surface area contributed by atoms with E-state index in [1.54, 1.807) is 19.1 Å². The van der Waals surface area contributed by atoms with Crippen molar-refractivity contribution in [2.24, 2.45) is 10.8 Å². The number of carbonyl (C=O) groups excluding carboxylic acids is 3. The molecule has 1 atom stereocenters. The summed E-state index contributed by atoms with van der Waals surface area (Å²) in [5.74, 6) is 3.58. The van der Waals surface area contributed by atoms with Gasteiger partial charge < -0.3 is 20.8 Å². The van der Waals surface area contributed by atoms with Crippen LogP contribution in [0.25, 0.3) is 0 Å². The second kappa shape index (κ2) is 13.0. The summed E-state index contributed by atoms with van der Waals surface area (Å²) in [6.07, 6.45) is 1.07. The van der Waals surface area contributed by atoms with Crippen molar-refractivity contribution in [1.82, 2.24) is 16.1 Å². The zero-order valence-electron chi connectivity index (χ0n) is 17.5. The molecule has 0 saturated heterocycles. The van der Waals surface area contributed by atoms with Crippen molar-refractivity contribution in [3.8, 4) is 0 Å². The molecule has 0 aromatic heterocycles. The van der Waals surface area contributed by atoms with Gasteiger partial charge in [-0.05, 0) is 48.9 Å². The number of aliphatic imine (C=N–C) groups is 1. The average Bonchev–Trinajstić information content (AvgIpc) is 2.76. The summed E-state index contributed by atoms with van der Waals surface area (Å²) in [5.41, 5.74) is 3.32. The highest BCUT2D eigenvalue weighted by Crippen LogP contribution is 2.26. The van der Waals surface area contributed by atoms with Crippen molar-refractivity contribution in [1.29, 1.82) is 0 Å². The number of amides is 2. The first kappa shape index (κ1) is 26.4. The summed E-state index contributed by atoms with van der Waals surface area (Å²) in [4.78, 5) is 41.0. The van der Waals surface area contributed by atoms with Gasteiger partial charge in [-0.15, -0.1) is 0 Å². The topological polar surface area (TPSA) is 135 Å². The highest BCUT2D eigenvalue weighted by Gasteiger charge is 2.21. The maximum absolute atomic E-state index is 12.5. The predicted molar refractivity (Wildman–Crippen MR) is 128 cm³/mol. The number of hydrazine groups is 1. The van der Waals surface area contributed by atoms with Gasteiger partial charge in [0.15, 0.2) is 0 Å². The minimum atomic E-state index is -0.759. The fraction of sp³-hybridized carbons (Fsp3) is 0.238. The zero-order chi connectivity index (χ0) is 24.4. The highest BCUT2D eigenvalue weighted by atomic mass is 35.5. The number of ether oxygens (including phenoxy) is 1. The van der Waals surface area contributed by atoms with E-state index in [1.165, 1.54) is 30.6 Å². The van der Waals surface area contributed by atoms with E-state index < -0.39 is 23.8 Å². The maximum Gasteiger partial charge on any atom is 0.308 e. The van der Waals surface area contributed by atoms with Gasteiger partial charge in [0, 0.05) is 15.6 Å². The van der Waals surface area contributed by atoms with Crippen molar-refractivity contribution in [2.45, 2.75) is 19.4 Å². The minimum absolute atomic E-state index is 0.141. The molecule has 5 N–H and O–H groups in total. The smallest absolute Gasteiger partial charge is 0.308 e. The molecule has 0 aliphatic carbocycles. The van der Waals surface area contributed by atoms with Crippen LogP contribution in [0, 0.1) is 0 Å². The first-order valence-corrected chi connectivity index (χ1v) is 10.8. The number of nitrogens with zero attached hydrogens (tertiary/aromatic N) is 1. The largest absolute Gasteiger partial charge is 0.466 e. The van der Waals surface area contributed by atoms with E-state index in [0.29, 0.717) is 26.3 Å². The van der Waals surface area contributed by atoms with Crippen LogP contribution in [0.4, 0.5) is 5.69 Å². The summed E-state index contributed by atoms with van der Waals surface area (Å²) < 4.78 is 4.98. The lowest BCUT2D eigenvalue weighted by atomic mass is 10.0. The second-order valence-corrected chi connectivity index (χ2v) is 7.89. The lowest BCUT2D eigenvalue weighted by molar-refractivity contribution is -0.143. The van der Waals surface area contributed by atoms with Gasteiger partial charge in [-0.25, -0.2) is 10.8 Å². The number of hydrogen-bond acceptors (Lipinski definition) is 6. The summed E-state index contributed by atoms with van der Waals surface area (Å²) in [5, 5.41) is 6.21. The van der Waals surface area contributed by atoms with Crippen LogP contribution in [-0.2, 0) is 14.3 Å². The number of carbonyl (C=O) groups is 3. The third kappa shape index (κ3) is 8.54. The van der Waals surface area contributed by atoms with E-state index in [-0.39, 0.29) is 25.1 Å². The van der Waals surface area contributed by atoms with Crippen LogP contribution in [0.1, 0.15) is 35.3 Å². The average molecular weight is 515 g/mol. The second-order valence-electron chi connectivity index (χ2n) is 6.61. The third-order valence-corrected chi connectivity index (χ3v) is 4.95. The lowest BCUT2D eigenvalue weighted by Crippen LogP contribution is -2.39. The van der Waals surface area contributed by atoms with Crippen molar-refractivity contribution < 1.29 is 19.1 Å². The summed E-state index contributed by atoms with van der Waals surface area (Å²) in [6, 6.07) is 8.37. The van der Waals surface area contributed by atoms with Crippen LogP contribution in [0.5, 0.6) is 0 Å². The number of esters is 1. The number of rotatable bonds is 10. The van der Waals surface area contributed by atoms with E-state index in [4.69, 9.17) is 45.4 Å². The molecule has 0 saturated carbocycles. The molecule has 0 aliphatic rings. The van der Waals surface area contributed by atoms with Crippen molar-refractivity contribution in [2.75, 3.05) is 13.2 Å². The summed E-state index contributed by atoms with van der Waals surface area (Å²) in [6.45, 7) is 1.52. The molecule has 12 heteroatoms. The van der Waals surface area contributed by atoms with E-state index in [1.807, 2.05) is 0 Å². The van der Waals surface area contributed by atoms with E-state index in [2.05, 4.69) is 21.1 Å². The number of benzene rings is 2. The normalized spacial score (nSPS) is 11.7. The standard InChI is InChI=1S/C21H22Cl3N5O4/c1-2-33-20(31)9-17(13-5-14(22)8-15(23)6-13)29-19(30)10-26-21(32)12-3-4-16(24)18(7-12)27-11-28-25/h3-8,11,17H,2,9-10,25H2,1H3,(H,26,32)(H,27,28)(H,29,30). The van der Waals surface area contributed by atoms with Crippen LogP contribution in [-0.4, -0.2) is 37.3 Å². The first-order chi connectivity index (χ1) is 15.7. The predicted octanol–water partition coefficient (Wildman–Crippen LogP) is 3.31. The van der Waals surface area contributed by atoms with Gasteiger partial charge in [0.1, 0.15) is 6.34 Å². The molecule has 0 aliphatic heterocycles. The van der Waals surface area contributed by atoms with Gasteiger partial charge in [0.2, 0.25) is 5.91 Å². The Bertz CT molecular complexity index is 1030. The van der Waals surface area contributed by atoms with E-state index in [0.717, 1.165) is 0 Å². The molecule has 0 spiro atoms. The molecule has 0 radical (unpaired) electrons. The van der Waals surface area contributed by atoms with Gasteiger partial charge in [-0.1, -0.05) is 34.8 Å². The molecule has 0 fully saturated rings. The van der Waals surface area contributed by atoms with Crippen molar-refractivity contribution in [3.63, 3.8) is 0 Å². The van der Waals surface area contributed by atoms with Gasteiger partial charge >= 0.3 is 5.97 Å². The molecule has 0 heterocycles. The van der Waals surface area contributed by atoms with Gasteiger partial charge in [0.25, 0.3) is 5.91 Å². The van der Waals surface area contributed by atoms with Gasteiger partial charge in [-0.2, -0.15) is 0 Å². The molecule has 176 valence electrons. The highest BCUT2D eigenvalue weighted by molar-refractivity contribution is 6.34. The monoisotopic (exact) mass is 513 g/mol. The fourth-order valence-corrected chi connectivity index (χ4v) is 3.49. The van der Waals surface area contributed by atoms with Crippen LogP contribution in [0.3, 0.4) is 0 Å². The van der Waals surface area contributed by atoms with E-state index in [9.17, 15) is 14.4 Å². The summed E-state index contributed by atoms with van der Waals surface area (Å²) in [7, 11) is 0. The quantitative estimate of drug-likeness (QED) is 0.126. The minimum Gasteiger partial charge on any atom is -0.466 e. The molecule has 1 unspecified atom stereocenters. The van der Waals surface area contributed by atoms with Crippen molar-refractivity contribution >= 4 is 64.6 Å². The number of nitrogens with two attached hydrogens (primary N) is 1. The first-order valence-electron chi connectivity index (χ1n) is 9.70. The molecule has 9 nitrogen and oxygen atoms in total. The Morgan fingerprint density at radius 1 is 1.12 bits per heavy atom. The van der Waals surface area contributed by atoms with E-state index >= 15 is 0 Å². The third-order valence-electron chi connectivity index (χ3n) is 4.19. The summed E-state index contributed by atoms with van der Waals surface area (Å²) >= 11 is 18.1. The lowest BCUT2D eigenvalue weighted by Gasteiger charge is -2.19. The van der Waals surface area contributed by atoms with Crippen LogP contribution < -0.4 is 21.9 Å². The molecule has 2 rings (SSSR count). The van der Waals surface area contributed by atoms with Gasteiger partial charge in [0.05, 0.1) is 36.3 Å². The molecular weight excluding hydrogens is 493 g/mol. The fourth-order valence-electron chi connectivity index (χ4n) is 2.78. The molecule has 2 aromatic rings. The Morgan fingerprint density at radius 3 is 2.45 bits per heavy atom. The number of nitrogens with one attached hydrogen (secondary N) is 3. The van der Waals surface area contributed by atoms with Crippen LogP contribution >= 0.6 is 34.8 Å². The zero-order valence-corrected chi connectivity index (χ0v) is 19.8. The Kier molecular flexibility index (Phi) is 10.4. The molecule has 2 aromatic carbocycles. The molecule has 2 amide bonds. The molecule has 0 bridgehead atoms. The number of halogens is 3. The molecular formula is C21H22Cl3N5O4. The van der Waals surface area contributed by atoms with Crippen LogP contribution in [0.15, 0.2) is 41.4 Å². The van der Waals surface area contributed by atoms with Crippen LogP contribution in [0.2, 0.25) is 15.1 Å². The Hall–Kier alpha value is -2.85. The number of hydrogen-bond donors (Lipinski definition) is 4. The Labute approximate surface area is 205 Å². The Morgan fingerprint density at radius 2 is 1.82 bits per heavy atom.